The molecule has 1 amide bonds. The molecule has 1 atom stereocenters. The number of halogens is 3. The van der Waals surface area contributed by atoms with Crippen LogP contribution in [0.25, 0.3) is 0 Å². The lowest BCUT2D eigenvalue weighted by Gasteiger charge is -2.26. The fraction of sp³-hybridized carbons (Fsp3) is 0.409. The third kappa shape index (κ3) is 4.93. The number of hydrogen-bond acceptors (Lipinski definition) is 3. The second-order valence-electron chi connectivity index (χ2n) is 7.92. The largest absolute Gasteiger partial charge is 0.416 e. The van der Waals surface area contributed by atoms with Crippen molar-refractivity contribution in [1.29, 1.82) is 0 Å². The first kappa shape index (κ1) is 23.3. The normalized spacial score (nSPS) is 17.7. The standard InChI is InChI=1S/C22H25F3N2O3S/c1-14-11-15(2)20(16(3)12-14)31(29,30)27-10-4-5-19(27)13-26-21(28)17-6-8-18(9-7-17)22(23,24)25/h6-9,11-12,19H,4-5,10,13H2,1-3H3,(H,26,28)/t19-/m0/s1. The van der Waals surface area contributed by atoms with Gasteiger partial charge in [0, 0.05) is 24.7 Å². The third-order valence-electron chi connectivity index (χ3n) is 5.47. The molecule has 0 unspecified atom stereocenters. The van der Waals surface area contributed by atoms with Crippen molar-refractivity contribution >= 4 is 15.9 Å². The Balaban J connectivity index is 1.73. The topological polar surface area (TPSA) is 66.5 Å². The Kier molecular flexibility index (Phi) is 6.48. The molecular weight excluding hydrogens is 429 g/mol. The molecule has 5 nitrogen and oxygen atoms in total. The van der Waals surface area contributed by atoms with Crippen molar-refractivity contribution < 1.29 is 26.4 Å². The molecule has 1 saturated heterocycles. The molecule has 0 radical (unpaired) electrons. The van der Waals surface area contributed by atoms with Crippen molar-refractivity contribution in [2.75, 3.05) is 13.1 Å². The summed E-state index contributed by atoms with van der Waals surface area (Å²) in [6.45, 7) is 5.89. The fourth-order valence-corrected chi connectivity index (χ4v) is 6.25. The van der Waals surface area contributed by atoms with Crippen molar-refractivity contribution in [1.82, 2.24) is 9.62 Å². The summed E-state index contributed by atoms with van der Waals surface area (Å²) in [6, 6.07) is 7.17. The summed E-state index contributed by atoms with van der Waals surface area (Å²) in [5, 5.41) is 2.66. The van der Waals surface area contributed by atoms with Crippen molar-refractivity contribution in [3.05, 3.63) is 64.2 Å². The van der Waals surface area contributed by atoms with Crippen LogP contribution in [0.2, 0.25) is 0 Å². The molecule has 1 fully saturated rings. The number of nitrogens with one attached hydrogen (secondary N) is 1. The third-order valence-corrected chi connectivity index (χ3v) is 7.73. The average Bonchev–Trinajstić information content (AvgIpc) is 3.14. The molecule has 9 heteroatoms. The number of benzene rings is 2. The Morgan fingerprint density at radius 2 is 1.68 bits per heavy atom. The molecule has 0 aliphatic carbocycles. The summed E-state index contributed by atoms with van der Waals surface area (Å²) in [6.07, 6.45) is -3.21. The maximum atomic E-state index is 13.4. The van der Waals surface area contributed by atoms with Crippen LogP contribution in [0.4, 0.5) is 13.2 Å². The summed E-state index contributed by atoms with van der Waals surface area (Å²) < 4.78 is 66.2. The summed E-state index contributed by atoms with van der Waals surface area (Å²) in [5.41, 5.74) is 1.59. The quantitative estimate of drug-likeness (QED) is 0.736. The number of carbonyl (C=O) groups is 1. The van der Waals surface area contributed by atoms with Crippen molar-refractivity contribution in [2.45, 2.75) is 50.7 Å². The first-order valence-corrected chi connectivity index (χ1v) is 11.4. The van der Waals surface area contributed by atoms with E-state index in [1.807, 2.05) is 19.1 Å². The van der Waals surface area contributed by atoms with E-state index >= 15 is 0 Å². The summed E-state index contributed by atoms with van der Waals surface area (Å²) in [7, 11) is -3.74. The predicted octanol–water partition coefficient (Wildman–Crippen LogP) is 4.21. The molecule has 168 valence electrons. The first-order chi connectivity index (χ1) is 14.4. The van der Waals surface area contributed by atoms with Gasteiger partial charge < -0.3 is 5.32 Å². The number of alkyl halides is 3. The number of amides is 1. The van der Waals surface area contributed by atoms with Crippen LogP contribution in [-0.2, 0) is 16.2 Å². The zero-order valence-corrected chi connectivity index (χ0v) is 18.4. The van der Waals surface area contributed by atoms with Gasteiger partial charge >= 0.3 is 6.18 Å². The highest BCUT2D eigenvalue weighted by atomic mass is 32.2. The lowest BCUT2D eigenvalue weighted by atomic mass is 10.1. The van der Waals surface area contributed by atoms with Gasteiger partial charge in [0.05, 0.1) is 10.5 Å². The van der Waals surface area contributed by atoms with Crippen LogP contribution in [0.5, 0.6) is 0 Å². The molecule has 1 aliphatic rings. The van der Waals surface area contributed by atoms with Crippen LogP contribution in [0.1, 0.15) is 45.5 Å². The van der Waals surface area contributed by atoms with E-state index in [4.69, 9.17) is 0 Å². The van der Waals surface area contributed by atoms with Crippen LogP contribution in [0.15, 0.2) is 41.3 Å². The van der Waals surface area contributed by atoms with Gasteiger partial charge in [-0.2, -0.15) is 17.5 Å². The monoisotopic (exact) mass is 454 g/mol. The zero-order chi connectivity index (χ0) is 23.0. The van der Waals surface area contributed by atoms with E-state index in [1.54, 1.807) is 13.8 Å². The molecule has 2 aromatic rings. The van der Waals surface area contributed by atoms with Gasteiger partial charge in [0.25, 0.3) is 5.91 Å². The second-order valence-corrected chi connectivity index (χ2v) is 9.75. The molecule has 3 rings (SSSR count). The van der Waals surface area contributed by atoms with Gasteiger partial charge in [-0.3, -0.25) is 4.79 Å². The van der Waals surface area contributed by atoms with E-state index in [0.29, 0.717) is 35.4 Å². The molecule has 1 aliphatic heterocycles. The van der Waals surface area contributed by atoms with Crippen LogP contribution >= 0.6 is 0 Å². The van der Waals surface area contributed by atoms with E-state index in [0.717, 1.165) is 29.8 Å². The Morgan fingerprint density at radius 3 is 2.23 bits per heavy atom. The van der Waals surface area contributed by atoms with Gasteiger partial charge in [0.1, 0.15) is 0 Å². The van der Waals surface area contributed by atoms with E-state index in [2.05, 4.69) is 5.32 Å². The lowest BCUT2D eigenvalue weighted by molar-refractivity contribution is -0.137. The summed E-state index contributed by atoms with van der Waals surface area (Å²) >= 11 is 0. The first-order valence-electron chi connectivity index (χ1n) is 9.96. The molecule has 0 bridgehead atoms. The molecule has 0 spiro atoms. The molecule has 0 saturated carbocycles. The van der Waals surface area contributed by atoms with Crippen LogP contribution in [-0.4, -0.2) is 37.8 Å². The van der Waals surface area contributed by atoms with Crippen molar-refractivity contribution in [3.8, 4) is 0 Å². The Bertz CT molecular complexity index is 1060. The molecule has 1 N–H and O–H groups in total. The molecule has 2 aromatic carbocycles. The minimum Gasteiger partial charge on any atom is -0.350 e. The molecular formula is C22H25F3N2O3S. The summed E-state index contributed by atoms with van der Waals surface area (Å²) in [4.78, 5) is 12.7. The van der Waals surface area contributed by atoms with Gasteiger partial charge in [-0.15, -0.1) is 0 Å². The highest BCUT2D eigenvalue weighted by Crippen LogP contribution is 2.31. The van der Waals surface area contributed by atoms with Gasteiger partial charge in [-0.1, -0.05) is 17.7 Å². The van der Waals surface area contributed by atoms with Crippen molar-refractivity contribution in [2.24, 2.45) is 0 Å². The van der Waals surface area contributed by atoms with Crippen LogP contribution < -0.4 is 5.32 Å². The Labute approximate surface area is 180 Å². The van der Waals surface area contributed by atoms with E-state index in [1.165, 1.54) is 4.31 Å². The number of hydrogen-bond donors (Lipinski definition) is 1. The Morgan fingerprint density at radius 1 is 1.10 bits per heavy atom. The fourth-order valence-electron chi connectivity index (χ4n) is 4.14. The SMILES string of the molecule is Cc1cc(C)c(S(=O)(=O)N2CCC[C@H]2CNC(=O)c2ccc(C(F)(F)F)cc2)c(C)c1. The van der Waals surface area contributed by atoms with Crippen molar-refractivity contribution in [3.63, 3.8) is 0 Å². The van der Waals surface area contributed by atoms with Crippen LogP contribution in [0.3, 0.4) is 0 Å². The zero-order valence-electron chi connectivity index (χ0n) is 17.6. The Hall–Kier alpha value is -2.39. The van der Waals surface area contributed by atoms with Gasteiger partial charge in [-0.05, 0) is 69.0 Å². The van der Waals surface area contributed by atoms with E-state index in [-0.39, 0.29) is 12.1 Å². The van der Waals surface area contributed by atoms with E-state index < -0.39 is 33.7 Å². The highest BCUT2D eigenvalue weighted by molar-refractivity contribution is 7.89. The van der Waals surface area contributed by atoms with Gasteiger partial charge in [0.2, 0.25) is 10.0 Å². The molecule has 1 heterocycles. The van der Waals surface area contributed by atoms with Gasteiger partial charge in [-0.25, -0.2) is 8.42 Å². The average molecular weight is 455 g/mol. The van der Waals surface area contributed by atoms with Gasteiger partial charge in [0.15, 0.2) is 0 Å². The number of aryl methyl sites for hydroxylation is 3. The highest BCUT2D eigenvalue weighted by Gasteiger charge is 2.37. The maximum Gasteiger partial charge on any atom is 0.416 e. The maximum absolute atomic E-state index is 13.4. The summed E-state index contributed by atoms with van der Waals surface area (Å²) in [5.74, 6) is -0.541. The molecule has 0 aromatic heterocycles. The van der Waals surface area contributed by atoms with E-state index in [9.17, 15) is 26.4 Å². The number of sulfonamides is 1. The predicted molar refractivity (Wildman–Crippen MR) is 111 cm³/mol. The lowest BCUT2D eigenvalue weighted by Crippen LogP contribution is -2.43. The molecule has 31 heavy (non-hydrogen) atoms. The number of nitrogens with zero attached hydrogens (tertiary/aromatic N) is 1. The minimum absolute atomic E-state index is 0.0864. The minimum atomic E-state index is -4.47. The second kappa shape index (κ2) is 8.63. The smallest absolute Gasteiger partial charge is 0.350 e. The van der Waals surface area contributed by atoms with Crippen LogP contribution in [0, 0.1) is 20.8 Å². The number of rotatable bonds is 5. The number of carbonyl (C=O) groups excluding carboxylic acids is 1.